The van der Waals surface area contributed by atoms with Crippen molar-refractivity contribution in [3.05, 3.63) is 24.2 Å². The number of carbonyl (C=O) groups excluding carboxylic acids is 1. The molecule has 0 spiro atoms. The Bertz CT molecular complexity index is 401. The van der Waals surface area contributed by atoms with Crippen LogP contribution in [0.2, 0.25) is 0 Å². The van der Waals surface area contributed by atoms with E-state index in [1.165, 1.54) is 6.26 Å². The van der Waals surface area contributed by atoms with E-state index in [0.29, 0.717) is 18.8 Å². The maximum Gasteiger partial charge on any atom is 0.289 e. The lowest BCUT2D eigenvalue weighted by Gasteiger charge is -2.27. The van der Waals surface area contributed by atoms with Crippen LogP contribution in [0.3, 0.4) is 0 Å². The highest BCUT2D eigenvalue weighted by atomic mass is 16.5. The molecule has 2 atom stereocenters. The molecule has 2 fully saturated rings. The fraction of sp³-hybridized carbons (Fsp3) is 0.667. The summed E-state index contributed by atoms with van der Waals surface area (Å²) in [5, 5.41) is 0. The van der Waals surface area contributed by atoms with Gasteiger partial charge in [0.1, 0.15) is 0 Å². The summed E-state index contributed by atoms with van der Waals surface area (Å²) in [4.78, 5) is 14.3. The van der Waals surface area contributed by atoms with Gasteiger partial charge < -0.3 is 18.8 Å². The molecule has 1 amide bonds. The normalized spacial score (nSPS) is 26.0. The molecule has 3 rings (SSSR count). The molecule has 0 radical (unpaired) electrons. The van der Waals surface area contributed by atoms with Crippen LogP contribution in [0.5, 0.6) is 0 Å². The van der Waals surface area contributed by atoms with Gasteiger partial charge in [0.2, 0.25) is 0 Å². The first-order chi connectivity index (χ1) is 9.83. The Balaban J connectivity index is 1.66. The Morgan fingerprint density at radius 3 is 2.25 bits per heavy atom. The van der Waals surface area contributed by atoms with Crippen molar-refractivity contribution in [2.45, 2.75) is 37.9 Å². The summed E-state index contributed by atoms with van der Waals surface area (Å²) >= 11 is 0. The van der Waals surface area contributed by atoms with Gasteiger partial charge in [-0.05, 0) is 37.8 Å². The van der Waals surface area contributed by atoms with Crippen molar-refractivity contribution in [2.75, 3.05) is 26.3 Å². The molecule has 110 valence electrons. The number of amides is 1. The monoisotopic (exact) mass is 279 g/mol. The third kappa shape index (κ3) is 3.22. The predicted octanol–water partition coefficient (Wildman–Crippen LogP) is 2.08. The first kappa shape index (κ1) is 13.6. The van der Waals surface area contributed by atoms with Gasteiger partial charge in [0, 0.05) is 26.3 Å². The minimum Gasteiger partial charge on any atom is -0.459 e. The summed E-state index contributed by atoms with van der Waals surface area (Å²) in [6, 6.07) is 3.45. The number of hydrogen-bond acceptors (Lipinski definition) is 4. The number of ether oxygens (including phenoxy) is 2. The van der Waals surface area contributed by atoms with Crippen LogP contribution >= 0.6 is 0 Å². The molecule has 2 saturated heterocycles. The second kappa shape index (κ2) is 6.41. The summed E-state index contributed by atoms with van der Waals surface area (Å²) in [5.41, 5.74) is 0. The first-order valence-corrected chi connectivity index (χ1v) is 7.39. The maximum absolute atomic E-state index is 12.5. The topological polar surface area (TPSA) is 51.9 Å². The average molecular weight is 279 g/mol. The van der Waals surface area contributed by atoms with E-state index in [2.05, 4.69) is 0 Å². The Morgan fingerprint density at radius 1 is 1.15 bits per heavy atom. The SMILES string of the molecule is O=C(c1ccco1)N(CC1CCCO1)CC1CCCO1. The van der Waals surface area contributed by atoms with E-state index in [0.717, 1.165) is 38.9 Å². The van der Waals surface area contributed by atoms with Crippen molar-refractivity contribution in [1.29, 1.82) is 0 Å². The van der Waals surface area contributed by atoms with Crippen LogP contribution in [-0.2, 0) is 9.47 Å². The summed E-state index contributed by atoms with van der Waals surface area (Å²) in [6.07, 6.45) is 6.02. The fourth-order valence-corrected chi connectivity index (χ4v) is 2.86. The third-order valence-corrected chi connectivity index (χ3v) is 3.92. The highest BCUT2D eigenvalue weighted by Gasteiger charge is 2.28. The predicted molar refractivity (Wildman–Crippen MR) is 72.6 cm³/mol. The highest BCUT2D eigenvalue weighted by molar-refractivity contribution is 5.91. The largest absolute Gasteiger partial charge is 0.459 e. The quantitative estimate of drug-likeness (QED) is 0.828. The van der Waals surface area contributed by atoms with Crippen LogP contribution in [0.15, 0.2) is 22.8 Å². The van der Waals surface area contributed by atoms with E-state index in [4.69, 9.17) is 13.9 Å². The maximum atomic E-state index is 12.5. The van der Waals surface area contributed by atoms with Crippen molar-refractivity contribution in [3.63, 3.8) is 0 Å². The summed E-state index contributed by atoms with van der Waals surface area (Å²) in [5.74, 6) is 0.321. The van der Waals surface area contributed by atoms with Crippen molar-refractivity contribution in [3.8, 4) is 0 Å². The number of carbonyl (C=O) groups is 1. The Kier molecular flexibility index (Phi) is 4.38. The molecule has 1 aromatic rings. The minimum absolute atomic E-state index is 0.0685. The molecule has 1 aromatic heterocycles. The smallest absolute Gasteiger partial charge is 0.289 e. The summed E-state index contributed by atoms with van der Waals surface area (Å²) in [6.45, 7) is 2.85. The molecule has 0 aliphatic carbocycles. The molecule has 20 heavy (non-hydrogen) atoms. The second-order valence-electron chi connectivity index (χ2n) is 5.46. The molecular weight excluding hydrogens is 258 g/mol. The summed E-state index contributed by atoms with van der Waals surface area (Å²) < 4.78 is 16.5. The number of nitrogens with zero attached hydrogens (tertiary/aromatic N) is 1. The fourth-order valence-electron chi connectivity index (χ4n) is 2.86. The lowest BCUT2D eigenvalue weighted by Crippen LogP contribution is -2.41. The number of furan rings is 1. The van der Waals surface area contributed by atoms with Gasteiger partial charge in [-0.1, -0.05) is 0 Å². The van der Waals surface area contributed by atoms with Gasteiger partial charge in [-0.3, -0.25) is 4.79 Å². The van der Waals surface area contributed by atoms with Gasteiger partial charge in [0.25, 0.3) is 5.91 Å². The minimum atomic E-state index is -0.0685. The van der Waals surface area contributed by atoms with Crippen molar-refractivity contribution in [2.24, 2.45) is 0 Å². The highest BCUT2D eigenvalue weighted by Crippen LogP contribution is 2.19. The van der Waals surface area contributed by atoms with Crippen LogP contribution in [0, 0.1) is 0 Å². The Hall–Kier alpha value is -1.33. The lowest BCUT2D eigenvalue weighted by atomic mass is 10.2. The second-order valence-corrected chi connectivity index (χ2v) is 5.46. The standard InChI is InChI=1S/C15H21NO4/c17-15(14-6-3-9-20-14)16(10-12-4-1-7-18-12)11-13-5-2-8-19-13/h3,6,9,12-13H,1-2,4-5,7-8,10-11H2. The molecule has 5 nitrogen and oxygen atoms in total. The van der Waals surface area contributed by atoms with Crippen molar-refractivity contribution < 1.29 is 18.7 Å². The number of hydrogen-bond donors (Lipinski definition) is 0. The lowest BCUT2D eigenvalue weighted by molar-refractivity contribution is 0.0290. The van der Waals surface area contributed by atoms with Crippen LogP contribution in [0.1, 0.15) is 36.2 Å². The molecule has 0 N–H and O–H groups in total. The molecule has 3 heterocycles. The molecule has 2 aliphatic heterocycles. The average Bonchev–Trinajstić information content (AvgIpc) is 3.20. The van der Waals surface area contributed by atoms with Gasteiger partial charge in [-0.25, -0.2) is 0 Å². The zero-order valence-corrected chi connectivity index (χ0v) is 11.6. The van der Waals surface area contributed by atoms with Crippen molar-refractivity contribution in [1.82, 2.24) is 4.90 Å². The molecule has 2 aliphatic rings. The van der Waals surface area contributed by atoms with E-state index in [1.807, 2.05) is 4.90 Å². The van der Waals surface area contributed by atoms with Gasteiger partial charge in [-0.2, -0.15) is 0 Å². The molecule has 0 saturated carbocycles. The van der Waals surface area contributed by atoms with Crippen LogP contribution in [0.4, 0.5) is 0 Å². The van der Waals surface area contributed by atoms with Gasteiger partial charge >= 0.3 is 0 Å². The molecule has 5 heteroatoms. The number of rotatable bonds is 5. The van der Waals surface area contributed by atoms with E-state index < -0.39 is 0 Å². The molecule has 0 aromatic carbocycles. The van der Waals surface area contributed by atoms with Gasteiger partial charge in [-0.15, -0.1) is 0 Å². The molecule has 2 unspecified atom stereocenters. The third-order valence-electron chi connectivity index (χ3n) is 3.92. The van der Waals surface area contributed by atoms with Crippen molar-refractivity contribution >= 4 is 5.91 Å². The zero-order chi connectivity index (χ0) is 13.8. The first-order valence-electron chi connectivity index (χ1n) is 7.39. The van der Waals surface area contributed by atoms with Crippen LogP contribution in [-0.4, -0.2) is 49.3 Å². The molecular formula is C15H21NO4. The van der Waals surface area contributed by atoms with E-state index in [9.17, 15) is 4.79 Å². The van der Waals surface area contributed by atoms with Gasteiger partial charge in [0.15, 0.2) is 5.76 Å². The zero-order valence-electron chi connectivity index (χ0n) is 11.6. The van der Waals surface area contributed by atoms with Gasteiger partial charge in [0.05, 0.1) is 18.5 Å². The van der Waals surface area contributed by atoms with Crippen LogP contribution < -0.4 is 0 Å². The van der Waals surface area contributed by atoms with E-state index >= 15 is 0 Å². The Morgan fingerprint density at radius 2 is 1.80 bits per heavy atom. The van der Waals surface area contributed by atoms with E-state index in [1.54, 1.807) is 12.1 Å². The van der Waals surface area contributed by atoms with Crippen LogP contribution in [0.25, 0.3) is 0 Å². The summed E-state index contributed by atoms with van der Waals surface area (Å²) in [7, 11) is 0. The Labute approximate surface area is 118 Å². The van der Waals surface area contributed by atoms with E-state index in [-0.39, 0.29) is 18.1 Å². The molecule has 0 bridgehead atoms.